The van der Waals surface area contributed by atoms with Crippen LogP contribution in [0, 0.1) is 13.8 Å². The molecule has 2 N–H and O–H groups in total. The molecule has 4 rings (SSSR count). The second-order valence-corrected chi connectivity index (χ2v) is 7.85. The van der Waals surface area contributed by atoms with Gasteiger partial charge < -0.3 is 19.9 Å². The van der Waals surface area contributed by atoms with E-state index in [2.05, 4.69) is 73.5 Å². The molecule has 0 saturated heterocycles. The van der Waals surface area contributed by atoms with Crippen LogP contribution in [0.2, 0.25) is 0 Å². The Morgan fingerprint density at radius 1 is 1.00 bits per heavy atom. The topological polar surface area (TPSA) is 40.3 Å². The molecule has 0 unspecified atom stereocenters. The highest BCUT2D eigenvalue weighted by atomic mass is 16.5. The van der Waals surface area contributed by atoms with Gasteiger partial charge in [-0.05, 0) is 81.7 Å². The number of aryl methyl sites for hydroxylation is 2. The summed E-state index contributed by atoms with van der Waals surface area (Å²) in [6.07, 6.45) is 1.12. The number of benzene rings is 3. The van der Waals surface area contributed by atoms with Gasteiger partial charge in [-0.3, -0.25) is 0 Å². The third kappa shape index (κ3) is 3.08. The van der Waals surface area contributed by atoms with Crippen molar-refractivity contribution in [2.24, 2.45) is 0 Å². The Kier molecular flexibility index (Phi) is 4.90. The van der Waals surface area contributed by atoms with Crippen LogP contribution < -0.4 is 10.1 Å². The van der Waals surface area contributed by atoms with Gasteiger partial charge in [-0.25, -0.2) is 0 Å². The molecule has 4 nitrogen and oxygen atoms in total. The van der Waals surface area contributed by atoms with Crippen molar-refractivity contribution < 1.29 is 4.74 Å². The van der Waals surface area contributed by atoms with E-state index in [0.717, 1.165) is 30.8 Å². The molecular formula is C24H29N3O. The van der Waals surface area contributed by atoms with Gasteiger partial charge in [0, 0.05) is 33.9 Å². The average Bonchev–Trinajstić information content (AvgIpc) is 3.08. The molecule has 0 fully saturated rings. The van der Waals surface area contributed by atoms with Gasteiger partial charge in [-0.1, -0.05) is 12.1 Å². The van der Waals surface area contributed by atoms with Gasteiger partial charge in [0.25, 0.3) is 0 Å². The predicted octanol–water partition coefficient (Wildman–Crippen LogP) is 5.46. The summed E-state index contributed by atoms with van der Waals surface area (Å²) in [7, 11) is 5.96. The summed E-state index contributed by atoms with van der Waals surface area (Å²) in [6.45, 7) is 6.51. The first-order chi connectivity index (χ1) is 13.5. The Balaban J connectivity index is 1.91. The van der Waals surface area contributed by atoms with Crippen LogP contribution in [0.1, 0.15) is 17.5 Å². The lowest BCUT2D eigenvalue weighted by atomic mass is 9.94. The summed E-state index contributed by atoms with van der Waals surface area (Å²) in [5.41, 5.74) is 6.19. The number of aromatic amines is 1. The SMILES string of the molecule is COc1ccc2[nH]c3c(C)c4cccc(NCCCN(C)C)c4c(C)c3c2c1. The van der Waals surface area contributed by atoms with Crippen LogP contribution in [0.15, 0.2) is 36.4 Å². The smallest absolute Gasteiger partial charge is 0.119 e. The second kappa shape index (κ2) is 7.36. The van der Waals surface area contributed by atoms with E-state index in [9.17, 15) is 0 Å². The van der Waals surface area contributed by atoms with E-state index >= 15 is 0 Å². The number of ether oxygens (including phenoxy) is 1. The molecule has 1 heterocycles. The Bertz CT molecular complexity index is 1160. The summed E-state index contributed by atoms with van der Waals surface area (Å²) in [5.74, 6) is 0.889. The summed E-state index contributed by atoms with van der Waals surface area (Å²) in [6, 6.07) is 12.8. The third-order valence-electron chi connectivity index (χ3n) is 5.70. The van der Waals surface area contributed by atoms with Gasteiger partial charge in [0.2, 0.25) is 0 Å². The van der Waals surface area contributed by atoms with E-state index in [1.807, 2.05) is 6.07 Å². The monoisotopic (exact) mass is 375 g/mol. The highest BCUT2D eigenvalue weighted by molar-refractivity contribution is 6.18. The first-order valence-corrected chi connectivity index (χ1v) is 9.91. The lowest BCUT2D eigenvalue weighted by Crippen LogP contribution is -2.16. The van der Waals surface area contributed by atoms with Crippen molar-refractivity contribution in [1.29, 1.82) is 0 Å². The van der Waals surface area contributed by atoms with Crippen LogP contribution >= 0.6 is 0 Å². The number of hydrogen-bond acceptors (Lipinski definition) is 3. The number of anilines is 1. The van der Waals surface area contributed by atoms with Crippen LogP contribution in [-0.4, -0.2) is 44.2 Å². The van der Waals surface area contributed by atoms with E-state index in [1.54, 1.807) is 7.11 Å². The van der Waals surface area contributed by atoms with E-state index < -0.39 is 0 Å². The van der Waals surface area contributed by atoms with Gasteiger partial charge in [-0.15, -0.1) is 0 Å². The Morgan fingerprint density at radius 3 is 2.57 bits per heavy atom. The first kappa shape index (κ1) is 18.6. The van der Waals surface area contributed by atoms with Crippen molar-refractivity contribution >= 4 is 38.3 Å². The van der Waals surface area contributed by atoms with Crippen LogP contribution in [0.4, 0.5) is 5.69 Å². The van der Waals surface area contributed by atoms with Gasteiger partial charge >= 0.3 is 0 Å². The highest BCUT2D eigenvalue weighted by Crippen LogP contribution is 2.40. The third-order valence-corrected chi connectivity index (χ3v) is 5.70. The van der Waals surface area contributed by atoms with Gasteiger partial charge in [0.05, 0.1) is 12.6 Å². The van der Waals surface area contributed by atoms with E-state index in [4.69, 9.17) is 4.74 Å². The zero-order chi connectivity index (χ0) is 19.8. The molecule has 3 aromatic carbocycles. The molecule has 0 atom stereocenters. The van der Waals surface area contributed by atoms with Crippen LogP contribution in [-0.2, 0) is 0 Å². The Labute approximate surface area is 166 Å². The number of rotatable bonds is 6. The lowest BCUT2D eigenvalue weighted by molar-refractivity contribution is 0.405. The van der Waals surface area contributed by atoms with Crippen LogP contribution in [0.5, 0.6) is 5.75 Å². The van der Waals surface area contributed by atoms with E-state index in [0.29, 0.717) is 0 Å². The number of nitrogens with one attached hydrogen (secondary N) is 2. The molecule has 4 aromatic rings. The average molecular weight is 376 g/mol. The quantitative estimate of drug-likeness (QED) is 0.439. The molecule has 28 heavy (non-hydrogen) atoms. The molecule has 0 saturated carbocycles. The Morgan fingerprint density at radius 2 is 1.82 bits per heavy atom. The fourth-order valence-electron chi connectivity index (χ4n) is 4.26. The van der Waals surface area contributed by atoms with Crippen molar-refractivity contribution in [1.82, 2.24) is 9.88 Å². The zero-order valence-electron chi connectivity index (χ0n) is 17.4. The minimum absolute atomic E-state index is 0.889. The molecule has 0 aliphatic heterocycles. The van der Waals surface area contributed by atoms with Gasteiger partial charge in [-0.2, -0.15) is 0 Å². The molecule has 0 bridgehead atoms. The lowest BCUT2D eigenvalue weighted by Gasteiger charge is -2.16. The molecular weight excluding hydrogens is 346 g/mol. The van der Waals surface area contributed by atoms with Crippen molar-refractivity contribution in [3.63, 3.8) is 0 Å². The molecule has 0 aliphatic rings. The molecule has 0 amide bonds. The molecule has 1 aromatic heterocycles. The maximum absolute atomic E-state index is 5.48. The summed E-state index contributed by atoms with van der Waals surface area (Å²) in [4.78, 5) is 5.86. The minimum atomic E-state index is 0.889. The van der Waals surface area contributed by atoms with Crippen molar-refractivity contribution in [3.8, 4) is 5.75 Å². The van der Waals surface area contributed by atoms with Crippen molar-refractivity contribution in [2.75, 3.05) is 39.6 Å². The first-order valence-electron chi connectivity index (χ1n) is 9.91. The standard InChI is InChI=1S/C24H29N3O/c1-15-18-8-6-9-21(25-12-7-13-27(3)4)22(18)16(2)23-19-14-17(28-5)10-11-20(19)26-24(15)23/h6,8-11,14,25-26H,7,12-13H2,1-5H3. The fraction of sp³-hybridized carbons (Fsp3) is 0.333. The number of fused-ring (bicyclic) bond motifs is 4. The number of methoxy groups -OCH3 is 1. The van der Waals surface area contributed by atoms with Crippen molar-refractivity contribution in [3.05, 3.63) is 47.5 Å². The summed E-state index contributed by atoms with van der Waals surface area (Å²) in [5, 5.41) is 8.82. The molecule has 0 radical (unpaired) electrons. The number of aromatic nitrogens is 1. The van der Waals surface area contributed by atoms with Gasteiger partial charge in [0.1, 0.15) is 5.75 Å². The molecule has 0 spiro atoms. The second-order valence-electron chi connectivity index (χ2n) is 7.85. The summed E-state index contributed by atoms with van der Waals surface area (Å²) >= 11 is 0. The fourth-order valence-corrected chi connectivity index (χ4v) is 4.26. The predicted molar refractivity (Wildman–Crippen MR) is 121 cm³/mol. The van der Waals surface area contributed by atoms with E-state index in [-0.39, 0.29) is 0 Å². The molecule has 4 heteroatoms. The normalized spacial score (nSPS) is 11.8. The van der Waals surface area contributed by atoms with Gasteiger partial charge in [0.15, 0.2) is 0 Å². The molecule has 146 valence electrons. The molecule has 0 aliphatic carbocycles. The number of nitrogens with zero attached hydrogens (tertiary/aromatic N) is 1. The summed E-state index contributed by atoms with van der Waals surface area (Å²) < 4.78 is 5.48. The van der Waals surface area contributed by atoms with Crippen LogP contribution in [0.25, 0.3) is 32.6 Å². The minimum Gasteiger partial charge on any atom is -0.497 e. The van der Waals surface area contributed by atoms with Crippen molar-refractivity contribution in [2.45, 2.75) is 20.3 Å². The maximum Gasteiger partial charge on any atom is 0.119 e. The Hall–Kier alpha value is -2.72. The highest BCUT2D eigenvalue weighted by Gasteiger charge is 2.16. The van der Waals surface area contributed by atoms with E-state index in [1.165, 1.54) is 43.9 Å². The number of H-pyrrole nitrogens is 1. The maximum atomic E-state index is 5.48. The number of hydrogen-bond donors (Lipinski definition) is 2. The zero-order valence-corrected chi connectivity index (χ0v) is 17.4. The largest absolute Gasteiger partial charge is 0.497 e. The van der Waals surface area contributed by atoms with Crippen LogP contribution in [0.3, 0.4) is 0 Å².